The van der Waals surface area contributed by atoms with Gasteiger partial charge in [0.05, 0.1) is 18.2 Å². The number of nitrogen functional groups attached to an aromatic ring is 1. The molecule has 0 saturated carbocycles. The highest BCUT2D eigenvalue weighted by molar-refractivity contribution is 5.58. The highest BCUT2D eigenvalue weighted by Crippen LogP contribution is 2.20. The van der Waals surface area contributed by atoms with Gasteiger partial charge < -0.3 is 15.6 Å². The van der Waals surface area contributed by atoms with E-state index >= 15 is 0 Å². The number of aromatic nitrogens is 1. The van der Waals surface area contributed by atoms with E-state index < -0.39 is 0 Å². The largest absolute Gasteiger partial charge is 0.398 e. The van der Waals surface area contributed by atoms with E-state index in [1.165, 1.54) is 0 Å². The van der Waals surface area contributed by atoms with Crippen LogP contribution in [-0.4, -0.2) is 5.16 Å². The van der Waals surface area contributed by atoms with E-state index in [4.69, 9.17) is 15.5 Å². The van der Waals surface area contributed by atoms with Crippen LogP contribution < -0.4 is 11.1 Å². The maximum atomic E-state index is 8.74. The molecule has 0 atom stereocenters. The molecule has 0 fully saturated rings. The molecule has 98 valence electrons. The predicted octanol–water partition coefficient (Wildman–Crippen LogP) is 2.55. The molecule has 3 N–H and O–H groups in total. The second-order valence-electron chi connectivity index (χ2n) is 4.40. The van der Waals surface area contributed by atoms with Crippen molar-refractivity contribution in [3.05, 3.63) is 40.8 Å². The Hall–Kier alpha value is -2.48. The van der Waals surface area contributed by atoms with E-state index in [-0.39, 0.29) is 0 Å². The Balaban J connectivity index is 2.12. The van der Waals surface area contributed by atoms with Crippen LogP contribution in [0.15, 0.2) is 22.7 Å². The predicted molar refractivity (Wildman–Crippen MR) is 73.5 cm³/mol. The number of nitrogens with two attached hydrogens (primary N) is 1. The molecular formula is C14H16N4O. The summed E-state index contributed by atoms with van der Waals surface area (Å²) >= 11 is 0. The van der Waals surface area contributed by atoms with Crippen LogP contribution in [0.5, 0.6) is 0 Å². The fraction of sp³-hybridized carbons (Fsp3) is 0.286. The fourth-order valence-corrected chi connectivity index (χ4v) is 1.90. The van der Waals surface area contributed by atoms with Crippen molar-refractivity contribution in [3.63, 3.8) is 0 Å². The minimum Gasteiger partial charge on any atom is -0.398 e. The first-order valence-corrected chi connectivity index (χ1v) is 6.02. The molecule has 1 aromatic carbocycles. The van der Waals surface area contributed by atoms with Crippen molar-refractivity contribution in [3.8, 4) is 6.07 Å². The van der Waals surface area contributed by atoms with Gasteiger partial charge in [0.2, 0.25) is 0 Å². The van der Waals surface area contributed by atoms with Gasteiger partial charge in [-0.3, -0.25) is 0 Å². The minimum absolute atomic E-state index is 0.312. The highest BCUT2D eigenvalue weighted by Gasteiger charge is 2.08. The van der Waals surface area contributed by atoms with Crippen molar-refractivity contribution in [2.24, 2.45) is 0 Å². The minimum atomic E-state index is 0.312. The molecule has 1 heterocycles. The highest BCUT2D eigenvalue weighted by atomic mass is 16.5. The molecule has 0 aliphatic heterocycles. The number of benzene rings is 1. The van der Waals surface area contributed by atoms with Crippen molar-refractivity contribution >= 4 is 11.4 Å². The van der Waals surface area contributed by atoms with E-state index in [1.54, 1.807) is 0 Å². The average molecular weight is 256 g/mol. The second-order valence-corrected chi connectivity index (χ2v) is 4.40. The van der Waals surface area contributed by atoms with Gasteiger partial charge in [0.15, 0.2) is 0 Å². The van der Waals surface area contributed by atoms with Crippen molar-refractivity contribution in [2.45, 2.75) is 26.8 Å². The number of nitrogens with zero attached hydrogens (tertiary/aromatic N) is 2. The molecule has 2 rings (SSSR count). The van der Waals surface area contributed by atoms with Crippen LogP contribution in [0.4, 0.5) is 11.4 Å². The van der Waals surface area contributed by atoms with Crippen LogP contribution in [0.25, 0.3) is 0 Å². The van der Waals surface area contributed by atoms with E-state index in [0.717, 1.165) is 28.3 Å². The molecule has 0 bridgehead atoms. The van der Waals surface area contributed by atoms with Crippen LogP contribution in [0, 0.1) is 25.2 Å². The number of nitriles is 1. The lowest BCUT2D eigenvalue weighted by Gasteiger charge is -2.09. The summed E-state index contributed by atoms with van der Waals surface area (Å²) in [5.74, 6) is 0.817. The first kappa shape index (κ1) is 13.0. The van der Waals surface area contributed by atoms with Crippen molar-refractivity contribution in [1.82, 2.24) is 5.16 Å². The van der Waals surface area contributed by atoms with Gasteiger partial charge in [0, 0.05) is 23.5 Å². The fourth-order valence-electron chi connectivity index (χ4n) is 1.90. The Morgan fingerprint density at radius 3 is 2.84 bits per heavy atom. The van der Waals surface area contributed by atoms with Gasteiger partial charge >= 0.3 is 0 Å². The molecule has 5 heteroatoms. The summed E-state index contributed by atoms with van der Waals surface area (Å²) in [6.45, 7) is 4.44. The number of nitrogens with one attached hydrogen (secondary N) is 1. The lowest BCUT2D eigenvalue weighted by Crippen LogP contribution is -2.03. The topological polar surface area (TPSA) is 87.9 Å². The molecule has 0 saturated heterocycles. The zero-order chi connectivity index (χ0) is 13.8. The molecule has 0 aliphatic carbocycles. The number of anilines is 2. The van der Waals surface area contributed by atoms with E-state index in [0.29, 0.717) is 18.7 Å². The van der Waals surface area contributed by atoms with E-state index in [2.05, 4.69) is 16.5 Å². The van der Waals surface area contributed by atoms with Gasteiger partial charge in [-0.05, 0) is 37.6 Å². The van der Waals surface area contributed by atoms with Gasteiger partial charge in [-0.2, -0.15) is 5.26 Å². The SMILES string of the molecule is Cc1noc(C)c1CNc1ccc(N)c(CC#N)c1. The molecule has 0 unspecified atom stereocenters. The summed E-state index contributed by atoms with van der Waals surface area (Å²) in [7, 11) is 0. The standard InChI is InChI=1S/C14H16N4O/c1-9-13(10(2)19-18-9)8-17-12-3-4-14(16)11(7-12)5-6-15/h3-4,7,17H,5,8,16H2,1-2H3. The molecular weight excluding hydrogens is 240 g/mol. The average Bonchev–Trinajstić information content (AvgIpc) is 2.70. The molecule has 1 aromatic heterocycles. The summed E-state index contributed by atoms with van der Waals surface area (Å²) < 4.78 is 5.11. The van der Waals surface area contributed by atoms with Crippen LogP contribution in [0.3, 0.4) is 0 Å². The van der Waals surface area contributed by atoms with Crippen molar-refractivity contribution in [1.29, 1.82) is 5.26 Å². The molecule has 0 radical (unpaired) electrons. The van der Waals surface area contributed by atoms with Crippen LogP contribution in [-0.2, 0) is 13.0 Å². The normalized spacial score (nSPS) is 10.2. The van der Waals surface area contributed by atoms with Crippen LogP contribution >= 0.6 is 0 Å². The summed E-state index contributed by atoms with van der Waals surface area (Å²) in [4.78, 5) is 0. The smallest absolute Gasteiger partial charge is 0.138 e. The van der Waals surface area contributed by atoms with Gasteiger partial charge in [0.25, 0.3) is 0 Å². The van der Waals surface area contributed by atoms with Gasteiger partial charge in [0.1, 0.15) is 5.76 Å². The van der Waals surface area contributed by atoms with E-state index in [1.807, 2.05) is 32.0 Å². The summed E-state index contributed by atoms with van der Waals surface area (Å²) in [5.41, 5.74) is 10.2. The third-order valence-corrected chi connectivity index (χ3v) is 3.06. The first-order chi connectivity index (χ1) is 9.11. The van der Waals surface area contributed by atoms with Crippen LogP contribution in [0.1, 0.15) is 22.6 Å². The Labute approximate surface area is 112 Å². The molecule has 0 spiro atoms. The Kier molecular flexibility index (Phi) is 3.71. The number of aryl methyl sites for hydroxylation is 2. The number of hydrogen-bond acceptors (Lipinski definition) is 5. The lowest BCUT2D eigenvalue weighted by molar-refractivity contribution is 0.392. The zero-order valence-corrected chi connectivity index (χ0v) is 11.0. The van der Waals surface area contributed by atoms with E-state index in [9.17, 15) is 0 Å². The van der Waals surface area contributed by atoms with Gasteiger partial charge in [-0.25, -0.2) is 0 Å². The maximum Gasteiger partial charge on any atom is 0.138 e. The molecule has 19 heavy (non-hydrogen) atoms. The number of rotatable bonds is 4. The molecule has 5 nitrogen and oxygen atoms in total. The van der Waals surface area contributed by atoms with Crippen molar-refractivity contribution in [2.75, 3.05) is 11.1 Å². The molecule has 0 amide bonds. The molecule has 0 aliphatic rings. The summed E-state index contributed by atoms with van der Waals surface area (Å²) in [6, 6.07) is 7.71. The van der Waals surface area contributed by atoms with Gasteiger partial charge in [-0.1, -0.05) is 5.16 Å². The Bertz CT molecular complexity index is 605. The van der Waals surface area contributed by atoms with Crippen LogP contribution in [0.2, 0.25) is 0 Å². The number of hydrogen-bond donors (Lipinski definition) is 2. The third-order valence-electron chi connectivity index (χ3n) is 3.06. The molecule has 2 aromatic rings. The zero-order valence-electron chi connectivity index (χ0n) is 11.0. The Morgan fingerprint density at radius 2 is 2.21 bits per heavy atom. The quantitative estimate of drug-likeness (QED) is 0.821. The van der Waals surface area contributed by atoms with Gasteiger partial charge in [-0.15, -0.1) is 0 Å². The maximum absolute atomic E-state index is 8.74. The van der Waals surface area contributed by atoms with Crippen molar-refractivity contribution < 1.29 is 4.52 Å². The monoisotopic (exact) mass is 256 g/mol. The third kappa shape index (κ3) is 2.86. The summed E-state index contributed by atoms with van der Waals surface area (Å²) in [6.07, 6.45) is 0.312. The first-order valence-electron chi connectivity index (χ1n) is 6.02. The Morgan fingerprint density at radius 1 is 1.42 bits per heavy atom. The summed E-state index contributed by atoms with van der Waals surface area (Å²) in [5, 5.41) is 15.9. The lowest BCUT2D eigenvalue weighted by atomic mass is 10.1. The second kappa shape index (κ2) is 5.44.